The molecule has 5 nitrogen and oxygen atoms in total. The summed E-state index contributed by atoms with van der Waals surface area (Å²) < 4.78 is 0. The summed E-state index contributed by atoms with van der Waals surface area (Å²) in [6.07, 6.45) is 6.62. The average molecular weight is 267 g/mol. The lowest BCUT2D eigenvalue weighted by Gasteiger charge is -2.27. The van der Waals surface area contributed by atoms with E-state index in [1.54, 1.807) is 11.9 Å². The Labute approximate surface area is 115 Å². The third-order valence-corrected chi connectivity index (χ3v) is 4.47. The predicted octanol–water partition coefficient (Wildman–Crippen LogP) is 1.49. The smallest absolute Gasteiger partial charge is 0.317 e. The number of hydrogen-bond donors (Lipinski definition) is 2. The van der Waals surface area contributed by atoms with Crippen LogP contribution < -0.4 is 10.6 Å². The van der Waals surface area contributed by atoms with Gasteiger partial charge in [-0.3, -0.25) is 4.79 Å². The highest BCUT2D eigenvalue weighted by molar-refractivity contribution is 5.84. The molecule has 0 radical (unpaired) electrons. The monoisotopic (exact) mass is 267 g/mol. The van der Waals surface area contributed by atoms with Crippen molar-refractivity contribution < 1.29 is 9.59 Å². The minimum atomic E-state index is -0.432. The van der Waals surface area contributed by atoms with Crippen molar-refractivity contribution in [2.45, 2.75) is 51.5 Å². The second kappa shape index (κ2) is 5.80. The van der Waals surface area contributed by atoms with Crippen LogP contribution >= 0.6 is 0 Å². The first kappa shape index (κ1) is 14.2. The summed E-state index contributed by atoms with van der Waals surface area (Å²) in [4.78, 5) is 25.8. The van der Waals surface area contributed by atoms with E-state index in [0.717, 1.165) is 19.3 Å². The average Bonchev–Trinajstić information content (AvgIpc) is 2.83. The maximum Gasteiger partial charge on any atom is 0.317 e. The number of likely N-dealkylation sites (tertiary alicyclic amines) is 1. The lowest BCUT2D eigenvalue weighted by atomic mass is 9.89. The van der Waals surface area contributed by atoms with Gasteiger partial charge >= 0.3 is 6.03 Å². The van der Waals surface area contributed by atoms with Crippen molar-refractivity contribution >= 4 is 11.9 Å². The summed E-state index contributed by atoms with van der Waals surface area (Å²) in [6.45, 7) is 3.12. The first-order valence-corrected chi connectivity index (χ1v) is 7.33. The van der Waals surface area contributed by atoms with Crippen LogP contribution in [0, 0.1) is 5.41 Å². The van der Waals surface area contributed by atoms with Crippen molar-refractivity contribution in [2.24, 2.45) is 5.41 Å². The van der Waals surface area contributed by atoms with Crippen LogP contribution in [0.3, 0.4) is 0 Å². The number of rotatable bonds is 2. The molecule has 2 N–H and O–H groups in total. The zero-order valence-electron chi connectivity index (χ0n) is 12.0. The van der Waals surface area contributed by atoms with Crippen LogP contribution in [-0.2, 0) is 4.79 Å². The molecular weight excluding hydrogens is 242 g/mol. The number of carbonyl (C=O) groups excluding carboxylic acids is 2. The van der Waals surface area contributed by atoms with Crippen LogP contribution in [-0.4, -0.2) is 43.0 Å². The molecule has 0 aromatic carbocycles. The Bertz CT molecular complexity index is 353. The Hall–Kier alpha value is -1.26. The van der Waals surface area contributed by atoms with Gasteiger partial charge in [-0.15, -0.1) is 0 Å². The van der Waals surface area contributed by atoms with Gasteiger partial charge in [0.2, 0.25) is 5.91 Å². The Kier molecular flexibility index (Phi) is 4.32. The second-order valence-electron chi connectivity index (χ2n) is 6.10. The normalized spacial score (nSPS) is 28.2. The molecule has 2 fully saturated rings. The van der Waals surface area contributed by atoms with Gasteiger partial charge in [-0.1, -0.05) is 19.3 Å². The molecule has 0 bridgehead atoms. The van der Waals surface area contributed by atoms with Gasteiger partial charge in [-0.2, -0.15) is 0 Å². The van der Waals surface area contributed by atoms with E-state index in [1.165, 1.54) is 19.3 Å². The fraction of sp³-hybridized carbons (Fsp3) is 0.857. The number of hydrogen-bond acceptors (Lipinski definition) is 2. The van der Waals surface area contributed by atoms with Crippen LogP contribution in [0.1, 0.15) is 45.4 Å². The number of nitrogens with one attached hydrogen (secondary N) is 2. The molecule has 2 rings (SSSR count). The molecule has 0 aromatic rings. The largest absolute Gasteiger partial charge is 0.359 e. The van der Waals surface area contributed by atoms with E-state index < -0.39 is 5.41 Å². The number of nitrogens with zero attached hydrogens (tertiary/aromatic N) is 1. The SMILES string of the molecule is CNC(=O)C1(C)CCN(C(=O)NC2CCCCC2)C1. The van der Waals surface area contributed by atoms with Crippen molar-refractivity contribution in [2.75, 3.05) is 20.1 Å². The molecule has 5 heteroatoms. The molecule has 1 aliphatic heterocycles. The quantitative estimate of drug-likeness (QED) is 0.796. The molecule has 19 heavy (non-hydrogen) atoms. The third-order valence-electron chi connectivity index (χ3n) is 4.47. The number of urea groups is 1. The predicted molar refractivity (Wildman–Crippen MR) is 73.8 cm³/mol. The van der Waals surface area contributed by atoms with Gasteiger partial charge in [0, 0.05) is 26.2 Å². The standard InChI is InChI=1S/C14H25N3O2/c1-14(12(18)15-2)8-9-17(10-14)13(19)16-11-6-4-3-5-7-11/h11H,3-10H2,1-2H3,(H,15,18)(H,16,19). The zero-order valence-corrected chi connectivity index (χ0v) is 12.0. The van der Waals surface area contributed by atoms with Crippen molar-refractivity contribution in [1.29, 1.82) is 0 Å². The topological polar surface area (TPSA) is 61.4 Å². The number of carbonyl (C=O) groups is 2. The summed E-state index contributed by atoms with van der Waals surface area (Å²) in [6, 6.07) is 0.327. The summed E-state index contributed by atoms with van der Waals surface area (Å²) in [5.41, 5.74) is -0.432. The molecular formula is C14H25N3O2. The zero-order chi connectivity index (χ0) is 13.9. The van der Waals surface area contributed by atoms with E-state index in [1.807, 2.05) is 6.92 Å². The highest BCUT2D eigenvalue weighted by atomic mass is 16.2. The van der Waals surface area contributed by atoms with Crippen LogP contribution in [0.5, 0.6) is 0 Å². The molecule has 0 spiro atoms. The van der Waals surface area contributed by atoms with Gasteiger partial charge in [0.05, 0.1) is 5.41 Å². The van der Waals surface area contributed by atoms with E-state index in [4.69, 9.17) is 0 Å². The van der Waals surface area contributed by atoms with Crippen LogP contribution in [0.25, 0.3) is 0 Å². The number of amides is 3. The summed E-state index contributed by atoms with van der Waals surface area (Å²) >= 11 is 0. The van der Waals surface area contributed by atoms with Gasteiger partial charge in [0.15, 0.2) is 0 Å². The highest BCUT2D eigenvalue weighted by Gasteiger charge is 2.41. The lowest BCUT2D eigenvalue weighted by Crippen LogP contribution is -2.46. The fourth-order valence-corrected chi connectivity index (χ4v) is 3.13. The molecule has 0 aromatic heterocycles. The molecule has 3 amide bonds. The van der Waals surface area contributed by atoms with Gasteiger partial charge in [0.1, 0.15) is 0 Å². The van der Waals surface area contributed by atoms with Crippen molar-refractivity contribution in [3.8, 4) is 0 Å². The van der Waals surface area contributed by atoms with Crippen molar-refractivity contribution in [3.63, 3.8) is 0 Å². The van der Waals surface area contributed by atoms with Crippen LogP contribution in [0.2, 0.25) is 0 Å². The Morgan fingerprint density at radius 3 is 2.53 bits per heavy atom. The highest BCUT2D eigenvalue weighted by Crippen LogP contribution is 2.30. The Morgan fingerprint density at radius 1 is 1.21 bits per heavy atom. The third kappa shape index (κ3) is 3.19. The summed E-state index contributed by atoms with van der Waals surface area (Å²) in [5, 5.41) is 5.80. The molecule has 1 heterocycles. The van der Waals surface area contributed by atoms with E-state index in [9.17, 15) is 9.59 Å². The van der Waals surface area contributed by atoms with Gasteiger partial charge in [-0.25, -0.2) is 4.79 Å². The van der Waals surface area contributed by atoms with E-state index in [2.05, 4.69) is 10.6 Å². The minimum absolute atomic E-state index is 0.000437. The van der Waals surface area contributed by atoms with Crippen molar-refractivity contribution in [3.05, 3.63) is 0 Å². The molecule has 2 aliphatic rings. The maximum atomic E-state index is 12.2. The second-order valence-corrected chi connectivity index (χ2v) is 6.10. The summed E-state index contributed by atoms with van der Waals surface area (Å²) in [7, 11) is 1.65. The van der Waals surface area contributed by atoms with Gasteiger partial charge in [-0.05, 0) is 26.2 Å². The van der Waals surface area contributed by atoms with E-state index in [-0.39, 0.29) is 11.9 Å². The van der Waals surface area contributed by atoms with Crippen LogP contribution in [0.4, 0.5) is 4.79 Å². The molecule has 1 atom stereocenters. The molecule has 1 saturated carbocycles. The minimum Gasteiger partial charge on any atom is -0.359 e. The molecule has 1 aliphatic carbocycles. The molecule has 1 saturated heterocycles. The summed E-state index contributed by atoms with van der Waals surface area (Å²) in [5.74, 6) is 0.0282. The Morgan fingerprint density at radius 2 is 1.89 bits per heavy atom. The van der Waals surface area contributed by atoms with Gasteiger partial charge < -0.3 is 15.5 Å². The van der Waals surface area contributed by atoms with Crippen molar-refractivity contribution in [1.82, 2.24) is 15.5 Å². The lowest BCUT2D eigenvalue weighted by molar-refractivity contribution is -0.128. The van der Waals surface area contributed by atoms with Gasteiger partial charge in [0.25, 0.3) is 0 Å². The molecule has 1 unspecified atom stereocenters. The maximum absolute atomic E-state index is 12.2. The Balaban J connectivity index is 1.86. The fourth-order valence-electron chi connectivity index (χ4n) is 3.13. The van der Waals surface area contributed by atoms with E-state index >= 15 is 0 Å². The first-order valence-electron chi connectivity index (χ1n) is 7.33. The first-order chi connectivity index (χ1) is 9.05. The molecule has 108 valence electrons. The van der Waals surface area contributed by atoms with E-state index in [0.29, 0.717) is 19.1 Å². The van der Waals surface area contributed by atoms with Crippen LogP contribution in [0.15, 0.2) is 0 Å².